The average Bonchev–Trinajstić information content (AvgIpc) is 2.26. The van der Waals surface area contributed by atoms with E-state index in [0.29, 0.717) is 10.9 Å². The molecular formula is C10H12BrNO4S. The van der Waals surface area contributed by atoms with E-state index in [0.717, 1.165) is 0 Å². The molecule has 0 radical (unpaired) electrons. The summed E-state index contributed by atoms with van der Waals surface area (Å²) in [7, 11) is -3.89. The van der Waals surface area contributed by atoms with Crippen LogP contribution in [0.2, 0.25) is 0 Å². The van der Waals surface area contributed by atoms with Gasteiger partial charge in [-0.15, -0.1) is 0 Å². The molecule has 0 fully saturated rings. The lowest BCUT2D eigenvalue weighted by Gasteiger charge is -2.08. The van der Waals surface area contributed by atoms with E-state index in [4.69, 9.17) is 0 Å². The Hall–Kier alpha value is -1.08. The van der Waals surface area contributed by atoms with Gasteiger partial charge < -0.3 is 4.74 Å². The van der Waals surface area contributed by atoms with Crippen molar-refractivity contribution in [2.45, 2.75) is 18.2 Å². The zero-order chi connectivity index (χ0) is 12.9. The third-order valence-corrected chi connectivity index (χ3v) is 4.11. The summed E-state index contributed by atoms with van der Waals surface area (Å²) in [5.41, 5.74) is 0. The van der Waals surface area contributed by atoms with Crippen LogP contribution in [0.25, 0.3) is 0 Å². The first-order valence-corrected chi connectivity index (χ1v) is 7.19. The quantitative estimate of drug-likeness (QED) is 0.923. The summed E-state index contributed by atoms with van der Waals surface area (Å²) in [6.45, 7) is 1.99. The molecular weight excluding hydrogens is 310 g/mol. The lowest BCUT2D eigenvalue weighted by atomic mass is 10.4. The van der Waals surface area contributed by atoms with E-state index in [2.05, 4.69) is 20.7 Å². The monoisotopic (exact) mass is 321 g/mol. The number of hydrogen-bond acceptors (Lipinski definition) is 4. The lowest BCUT2D eigenvalue weighted by Crippen LogP contribution is -2.31. The van der Waals surface area contributed by atoms with E-state index in [1.165, 1.54) is 6.07 Å². The Morgan fingerprint density at radius 2 is 2.06 bits per heavy atom. The van der Waals surface area contributed by atoms with Gasteiger partial charge in [0, 0.05) is 4.47 Å². The molecule has 0 heterocycles. The van der Waals surface area contributed by atoms with E-state index >= 15 is 0 Å². The van der Waals surface area contributed by atoms with Gasteiger partial charge in [-0.1, -0.05) is 19.1 Å². The van der Waals surface area contributed by atoms with E-state index in [-0.39, 0.29) is 11.5 Å². The van der Waals surface area contributed by atoms with Gasteiger partial charge >= 0.3 is 6.09 Å². The van der Waals surface area contributed by atoms with Crippen molar-refractivity contribution in [3.8, 4) is 0 Å². The van der Waals surface area contributed by atoms with Crippen molar-refractivity contribution in [3.63, 3.8) is 0 Å². The molecule has 0 spiro atoms. The van der Waals surface area contributed by atoms with Crippen LogP contribution in [0.4, 0.5) is 4.79 Å². The Balaban J connectivity index is 2.83. The molecule has 0 saturated carbocycles. The summed E-state index contributed by atoms with van der Waals surface area (Å²) in [4.78, 5) is 11.2. The van der Waals surface area contributed by atoms with Crippen molar-refractivity contribution in [2.75, 3.05) is 6.61 Å². The van der Waals surface area contributed by atoms with Gasteiger partial charge in [-0.05, 0) is 34.5 Å². The standard InChI is InChI=1S/C10H12BrNO4S/c1-2-7-16-10(13)12-17(14,15)9-6-4-3-5-8(9)11/h3-6H,2,7H2,1H3,(H,12,13). The number of hydrogen-bond donors (Lipinski definition) is 1. The van der Waals surface area contributed by atoms with Gasteiger partial charge in [0.2, 0.25) is 0 Å². The molecule has 1 amide bonds. The Bertz CT molecular complexity index is 501. The topological polar surface area (TPSA) is 72.5 Å². The summed E-state index contributed by atoms with van der Waals surface area (Å²) in [6.07, 6.45) is -0.342. The smallest absolute Gasteiger partial charge is 0.421 e. The highest BCUT2D eigenvalue weighted by Gasteiger charge is 2.20. The van der Waals surface area contributed by atoms with Crippen molar-refractivity contribution in [1.29, 1.82) is 0 Å². The van der Waals surface area contributed by atoms with Gasteiger partial charge in [-0.2, -0.15) is 0 Å². The second-order valence-corrected chi connectivity index (χ2v) is 5.68. The maximum atomic E-state index is 11.8. The maximum Gasteiger partial charge on any atom is 0.421 e. The van der Waals surface area contributed by atoms with Crippen LogP contribution in [-0.4, -0.2) is 21.1 Å². The van der Waals surface area contributed by atoms with Gasteiger partial charge in [0.15, 0.2) is 0 Å². The van der Waals surface area contributed by atoms with Crippen molar-refractivity contribution in [1.82, 2.24) is 4.72 Å². The van der Waals surface area contributed by atoms with E-state index < -0.39 is 16.1 Å². The summed E-state index contributed by atoms with van der Waals surface area (Å²) >= 11 is 3.10. The van der Waals surface area contributed by atoms with Crippen molar-refractivity contribution in [2.24, 2.45) is 0 Å². The lowest BCUT2D eigenvalue weighted by molar-refractivity contribution is 0.152. The molecule has 0 aromatic heterocycles. The number of rotatable bonds is 4. The van der Waals surface area contributed by atoms with Gasteiger partial charge in [0.1, 0.15) is 4.90 Å². The number of amides is 1. The minimum atomic E-state index is -3.89. The van der Waals surface area contributed by atoms with E-state index in [1.54, 1.807) is 18.2 Å². The molecule has 5 nitrogen and oxygen atoms in total. The molecule has 0 bridgehead atoms. The van der Waals surface area contributed by atoms with E-state index in [1.807, 2.05) is 11.6 Å². The molecule has 1 N–H and O–H groups in total. The first kappa shape index (κ1) is 14.0. The van der Waals surface area contributed by atoms with Gasteiger partial charge in [-0.25, -0.2) is 17.9 Å². The van der Waals surface area contributed by atoms with Crippen LogP contribution < -0.4 is 4.72 Å². The zero-order valence-electron chi connectivity index (χ0n) is 9.14. The maximum absolute atomic E-state index is 11.8. The van der Waals surface area contributed by atoms with Gasteiger partial charge in [0.25, 0.3) is 10.0 Å². The molecule has 0 aliphatic rings. The molecule has 0 saturated heterocycles. The fourth-order valence-corrected chi connectivity index (χ4v) is 2.95. The van der Waals surface area contributed by atoms with Crippen LogP contribution in [0.5, 0.6) is 0 Å². The Kier molecular flexibility index (Phi) is 4.95. The van der Waals surface area contributed by atoms with Crippen LogP contribution >= 0.6 is 15.9 Å². The molecule has 7 heteroatoms. The zero-order valence-corrected chi connectivity index (χ0v) is 11.5. The molecule has 1 rings (SSSR count). The van der Waals surface area contributed by atoms with Crippen molar-refractivity contribution >= 4 is 32.0 Å². The predicted octanol–water partition coefficient (Wildman–Crippen LogP) is 2.27. The Morgan fingerprint density at radius 1 is 1.41 bits per heavy atom. The van der Waals surface area contributed by atoms with Crippen molar-refractivity contribution in [3.05, 3.63) is 28.7 Å². The Morgan fingerprint density at radius 3 is 2.65 bits per heavy atom. The normalized spacial score (nSPS) is 10.9. The molecule has 1 aromatic rings. The molecule has 0 aliphatic carbocycles. The first-order chi connectivity index (χ1) is 7.97. The molecule has 1 aromatic carbocycles. The van der Waals surface area contributed by atoms with Gasteiger partial charge in [-0.3, -0.25) is 0 Å². The van der Waals surface area contributed by atoms with Crippen LogP contribution in [-0.2, 0) is 14.8 Å². The van der Waals surface area contributed by atoms with Crippen LogP contribution in [0.1, 0.15) is 13.3 Å². The number of sulfonamides is 1. The predicted molar refractivity (Wildman–Crippen MR) is 66.1 cm³/mol. The fraction of sp³-hybridized carbons (Fsp3) is 0.300. The number of carbonyl (C=O) groups is 1. The number of halogens is 1. The number of benzene rings is 1. The van der Waals surface area contributed by atoms with Crippen molar-refractivity contribution < 1.29 is 17.9 Å². The second kappa shape index (κ2) is 6.02. The minimum Gasteiger partial charge on any atom is -0.449 e. The minimum absolute atomic E-state index is 0.00607. The highest BCUT2D eigenvalue weighted by molar-refractivity contribution is 9.10. The van der Waals surface area contributed by atoms with E-state index in [9.17, 15) is 13.2 Å². The molecule has 17 heavy (non-hydrogen) atoms. The summed E-state index contributed by atoms with van der Waals surface area (Å²) in [6, 6.07) is 6.21. The highest BCUT2D eigenvalue weighted by Crippen LogP contribution is 2.20. The Labute approximate surface area is 108 Å². The average molecular weight is 322 g/mol. The summed E-state index contributed by atoms with van der Waals surface area (Å²) in [5, 5.41) is 0. The first-order valence-electron chi connectivity index (χ1n) is 4.91. The summed E-state index contributed by atoms with van der Waals surface area (Å²) < 4.78 is 30.4. The van der Waals surface area contributed by atoms with Crippen LogP contribution in [0, 0.1) is 0 Å². The number of nitrogens with one attached hydrogen (secondary N) is 1. The van der Waals surface area contributed by atoms with Crippen LogP contribution in [0.15, 0.2) is 33.6 Å². The van der Waals surface area contributed by atoms with Crippen LogP contribution in [0.3, 0.4) is 0 Å². The number of ether oxygens (including phenoxy) is 1. The molecule has 0 atom stereocenters. The third kappa shape index (κ3) is 4.01. The number of carbonyl (C=O) groups excluding carboxylic acids is 1. The fourth-order valence-electron chi connectivity index (χ4n) is 1.05. The molecule has 0 unspecified atom stereocenters. The molecule has 0 aliphatic heterocycles. The SMILES string of the molecule is CCCOC(=O)NS(=O)(=O)c1ccccc1Br. The summed E-state index contributed by atoms with van der Waals surface area (Å²) in [5.74, 6) is 0. The highest BCUT2D eigenvalue weighted by atomic mass is 79.9. The second-order valence-electron chi connectivity index (χ2n) is 3.17. The molecule has 94 valence electrons. The van der Waals surface area contributed by atoms with Gasteiger partial charge in [0.05, 0.1) is 6.61 Å². The third-order valence-electron chi connectivity index (χ3n) is 1.78. The largest absolute Gasteiger partial charge is 0.449 e.